The lowest BCUT2D eigenvalue weighted by Gasteiger charge is -2.09. The Kier molecular flexibility index (Phi) is 2.81. The first-order chi connectivity index (χ1) is 8.04. The molecular formula is C13H14N2O2. The minimum atomic E-state index is -0.510. The van der Waals surface area contributed by atoms with E-state index in [0.717, 1.165) is 27.7 Å². The van der Waals surface area contributed by atoms with Crippen molar-refractivity contribution in [3.05, 3.63) is 40.6 Å². The van der Waals surface area contributed by atoms with Gasteiger partial charge >= 0.3 is 0 Å². The Morgan fingerprint density at radius 1 is 1.29 bits per heavy atom. The maximum atomic E-state index is 11.6. The lowest BCUT2D eigenvalue weighted by atomic mass is 10.0. The first-order valence-electron chi connectivity index (χ1n) is 5.36. The standard InChI is InChI=1S/C13H14N2O2/c1-7-4-5-10-11(13(16)15-17)6-8(2)14-12(10)9(7)3/h4-6,17H,1-3H3,(H,15,16). The Balaban J connectivity index is 2.86. The molecule has 0 bridgehead atoms. The molecule has 0 aliphatic rings. The normalized spacial score (nSPS) is 10.6. The van der Waals surface area contributed by atoms with Crippen molar-refractivity contribution in [2.45, 2.75) is 20.8 Å². The number of aromatic nitrogens is 1. The Morgan fingerprint density at radius 3 is 2.65 bits per heavy atom. The van der Waals surface area contributed by atoms with Crippen LogP contribution in [-0.2, 0) is 0 Å². The number of fused-ring (bicyclic) bond motifs is 1. The van der Waals surface area contributed by atoms with E-state index in [1.807, 2.05) is 32.9 Å². The molecule has 0 saturated heterocycles. The van der Waals surface area contributed by atoms with Gasteiger partial charge in [-0.15, -0.1) is 0 Å². The van der Waals surface area contributed by atoms with Gasteiger partial charge in [-0.1, -0.05) is 12.1 Å². The van der Waals surface area contributed by atoms with Gasteiger partial charge < -0.3 is 0 Å². The first-order valence-corrected chi connectivity index (χ1v) is 5.36. The second kappa shape index (κ2) is 4.14. The quantitative estimate of drug-likeness (QED) is 0.583. The third-order valence-electron chi connectivity index (χ3n) is 2.98. The minimum absolute atomic E-state index is 0.443. The molecule has 17 heavy (non-hydrogen) atoms. The van der Waals surface area contributed by atoms with Crippen LogP contribution in [0.2, 0.25) is 0 Å². The van der Waals surface area contributed by atoms with Crippen LogP contribution in [0.4, 0.5) is 0 Å². The third kappa shape index (κ3) is 1.87. The third-order valence-corrected chi connectivity index (χ3v) is 2.98. The molecule has 0 atom stereocenters. The molecule has 2 N–H and O–H groups in total. The minimum Gasteiger partial charge on any atom is -0.288 e. The molecule has 2 rings (SSSR count). The number of amides is 1. The lowest BCUT2D eigenvalue weighted by molar-refractivity contribution is 0.0708. The van der Waals surface area contributed by atoms with Crippen molar-refractivity contribution in [1.82, 2.24) is 10.5 Å². The Hall–Kier alpha value is -1.94. The van der Waals surface area contributed by atoms with Crippen LogP contribution >= 0.6 is 0 Å². The molecule has 1 aromatic heterocycles. The zero-order valence-corrected chi connectivity index (χ0v) is 10.0. The number of hydroxylamine groups is 1. The van der Waals surface area contributed by atoms with E-state index < -0.39 is 5.91 Å². The highest BCUT2D eigenvalue weighted by Crippen LogP contribution is 2.23. The van der Waals surface area contributed by atoms with E-state index in [1.54, 1.807) is 11.5 Å². The van der Waals surface area contributed by atoms with Gasteiger partial charge in [0, 0.05) is 11.1 Å². The number of aryl methyl sites for hydroxylation is 3. The molecule has 0 aliphatic carbocycles. The van der Waals surface area contributed by atoms with Gasteiger partial charge in [-0.2, -0.15) is 0 Å². The van der Waals surface area contributed by atoms with E-state index in [1.165, 1.54) is 0 Å². The van der Waals surface area contributed by atoms with Crippen molar-refractivity contribution in [2.75, 3.05) is 0 Å². The summed E-state index contributed by atoms with van der Waals surface area (Å²) in [7, 11) is 0. The van der Waals surface area contributed by atoms with Gasteiger partial charge in [0.25, 0.3) is 5.91 Å². The summed E-state index contributed by atoms with van der Waals surface area (Å²) in [6.45, 7) is 5.81. The van der Waals surface area contributed by atoms with Crippen molar-refractivity contribution < 1.29 is 10.0 Å². The molecule has 1 amide bonds. The first kappa shape index (κ1) is 11.5. The molecule has 4 nitrogen and oxygen atoms in total. The van der Waals surface area contributed by atoms with Crippen molar-refractivity contribution >= 4 is 16.8 Å². The predicted octanol–water partition coefficient (Wildman–Crippen LogP) is 2.28. The molecule has 4 heteroatoms. The average molecular weight is 230 g/mol. The second-order valence-electron chi connectivity index (χ2n) is 4.16. The van der Waals surface area contributed by atoms with Crippen LogP contribution < -0.4 is 5.48 Å². The fourth-order valence-corrected chi connectivity index (χ4v) is 1.91. The van der Waals surface area contributed by atoms with Gasteiger partial charge in [-0.05, 0) is 38.0 Å². The van der Waals surface area contributed by atoms with Gasteiger partial charge in [0.1, 0.15) is 0 Å². The number of benzene rings is 1. The van der Waals surface area contributed by atoms with E-state index >= 15 is 0 Å². The molecule has 0 unspecified atom stereocenters. The van der Waals surface area contributed by atoms with Crippen molar-refractivity contribution in [3.63, 3.8) is 0 Å². The molecule has 0 fully saturated rings. The van der Waals surface area contributed by atoms with Crippen LogP contribution in [0, 0.1) is 20.8 Å². The summed E-state index contributed by atoms with van der Waals surface area (Å²) in [5, 5.41) is 9.50. The topological polar surface area (TPSA) is 62.2 Å². The zero-order valence-electron chi connectivity index (χ0n) is 10.0. The summed E-state index contributed by atoms with van der Waals surface area (Å²) in [6, 6.07) is 5.47. The highest BCUT2D eigenvalue weighted by molar-refractivity contribution is 6.06. The summed E-state index contributed by atoms with van der Waals surface area (Å²) in [6.07, 6.45) is 0. The summed E-state index contributed by atoms with van der Waals surface area (Å²) in [5.41, 5.74) is 5.86. The lowest BCUT2D eigenvalue weighted by Crippen LogP contribution is -2.19. The van der Waals surface area contributed by atoms with Crippen LogP contribution in [-0.4, -0.2) is 16.1 Å². The molecule has 0 aliphatic heterocycles. The van der Waals surface area contributed by atoms with Crippen LogP contribution in [0.1, 0.15) is 27.2 Å². The summed E-state index contributed by atoms with van der Waals surface area (Å²) in [4.78, 5) is 16.0. The van der Waals surface area contributed by atoms with E-state index in [4.69, 9.17) is 5.21 Å². The maximum Gasteiger partial charge on any atom is 0.275 e. The van der Waals surface area contributed by atoms with Crippen LogP contribution in [0.15, 0.2) is 18.2 Å². The molecule has 0 spiro atoms. The van der Waals surface area contributed by atoms with E-state index in [2.05, 4.69) is 4.98 Å². The molecule has 0 saturated carbocycles. The maximum absolute atomic E-state index is 11.6. The number of pyridine rings is 1. The van der Waals surface area contributed by atoms with Crippen molar-refractivity contribution in [3.8, 4) is 0 Å². The summed E-state index contributed by atoms with van der Waals surface area (Å²) < 4.78 is 0. The molecule has 1 aromatic carbocycles. The number of carbonyl (C=O) groups excluding carboxylic acids is 1. The largest absolute Gasteiger partial charge is 0.288 e. The van der Waals surface area contributed by atoms with Gasteiger partial charge in [-0.3, -0.25) is 15.0 Å². The molecule has 1 heterocycles. The number of rotatable bonds is 1. The SMILES string of the molecule is Cc1cc(C(=O)NO)c2ccc(C)c(C)c2n1. The summed E-state index contributed by atoms with van der Waals surface area (Å²) >= 11 is 0. The number of hydrogen-bond acceptors (Lipinski definition) is 3. The van der Waals surface area contributed by atoms with Crippen LogP contribution in [0.25, 0.3) is 10.9 Å². The van der Waals surface area contributed by atoms with Crippen molar-refractivity contribution in [2.24, 2.45) is 0 Å². The number of hydrogen-bond donors (Lipinski definition) is 2. The van der Waals surface area contributed by atoms with E-state index in [9.17, 15) is 4.79 Å². The molecular weight excluding hydrogens is 216 g/mol. The average Bonchev–Trinajstić information content (AvgIpc) is 2.32. The van der Waals surface area contributed by atoms with Crippen LogP contribution in [0.5, 0.6) is 0 Å². The second-order valence-corrected chi connectivity index (χ2v) is 4.16. The smallest absolute Gasteiger partial charge is 0.275 e. The van der Waals surface area contributed by atoms with Gasteiger partial charge in [-0.25, -0.2) is 5.48 Å². The number of carbonyl (C=O) groups is 1. The van der Waals surface area contributed by atoms with Gasteiger partial charge in [0.2, 0.25) is 0 Å². The Morgan fingerprint density at radius 2 is 2.00 bits per heavy atom. The number of nitrogens with one attached hydrogen (secondary N) is 1. The monoisotopic (exact) mass is 230 g/mol. The zero-order chi connectivity index (χ0) is 12.6. The van der Waals surface area contributed by atoms with E-state index in [0.29, 0.717) is 5.56 Å². The Labute approximate surface area is 99.3 Å². The molecule has 0 radical (unpaired) electrons. The Bertz CT molecular complexity index is 606. The summed E-state index contributed by atoms with van der Waals surface area (Å²) in [5.74, 6) is -0.510. The fraction of sp³-hybridized carbons (Fsp3) is 0.231. The fourth-order valence-electron chi connectivity index (χ4n) is 1.91. The van der Waals surface area contributed by atoms with Gasteiger partial charge in [0.05, 0.1) is 11.1 Å². The van der Waals surface area contributed by atoms with Gasteiger partial charge in [0.15, 0.2) is 0 Å². The predicted molar refractivity (Wildman–Crippen MR) is 65.2 cm³/mol. The van der Waals surface area contributed by atoms with E-state index in [-0.39, 0.29) is 0 Å². The number of nitrogens with zero attached hydrogens (tertiary/aromatic N) is 1. The molecule has 2 aromatic rings. The highest BCUT2D eigenvalue weighted by Gasteiger charge is 2.13. The highest BCUT2D eigenvalue weighted by atomic mass is 16.5. The molecule has 88 valence electrons. The van der Waals surface area contributed by atoms with Crippen LogP contribution in [0.3, 0.4) is 0 Å². The van der Waals surface area contributed by atoms with Crippen molar-refractivity contribution in [1.29, 1.82) is 0 Å².